The Morgan fingerprint density at radius 2 is 1.95 bits per heavy atom. The summed E-state index contributed by atoms with van der Waals surface area (Å²) in [5.74, 6) is 0.603. The summed E-state index contributed by atoms with van der Waals surface area (Å²) in [6.45, 7) is 3.67. The van der Waals surface area contributed by atoms with Crippen LogP contribution in [0, 0.1) is 13.8 Å². The van der Waals surface area contributed by atoms with E-state index in [1.165, 1.54) is 15.5 Å². The van der Waals surface area contributed by atoms with E-state index in [2.05, 4.69) is 10.1 Å². The number of aromatic nitrogens is 5. The maximum Gasteiger partial charge on any atom is 0.332 e. The molecule has 8 nitrogen and oxygen atoms in total. The van der Waals surface area contributed by atoms with Crippen LogP contribution in [0.1, 0.15) is 17.0 Å². The van der Waals surface area contributed by atoms with Crippen molar-refractivity contribution >= 4 is 11.2 Å². The fourth-order valence-electron chi connectivity index (χ4n) is 2.42. The van der Waals surface area contributed by atoms with Crippen LogP contribution in [-0.4, -0.2) is 23.8 Å². The molecule has 0 bridgehead atoms. The maximum absolute atomic E-state index is 12.6. The first-order valence-electron chi connectivity index (χ1n) is 6.44. The molecule has 0 radical (unpaired) electrons. The SMILES string of the molecule is Cc1noc(C)c1Cn1c(=O)c2c(ncn2C)n(C)c1=O. The van der Waals surface area contributed by atoms with Crippen LogP contribution in [0.4, 0.5) is 0 Å². The average Bonchev–Trinajstić information content (AvgIpc) is 2.97. The van der Waals surface area contributed by atoms with Gasteiger partial charge < -0.3 is 9.09 Å². The molecule has 0 saturated carbocycles. The second kappa shape index (κ2) is 4.44. The summed E-state index contributed by atoms with van der Waals surface area (Å²) in [5, 5.41) is 3.85. The van der Waals surface area contributed by atoms with E-state index in [-0.39, 0.29) is 12.1 Å². The molecule has 0 fully saturated rings. The maximum atomic E-state index is 12.6. The molecule has 8 heteroatoms. The molecule has 0 unspecified atom stereocenters. The summed E-state index contributed by atoms with van der Waals surface area (Å²) in [4.78, 5) is 29.1. The fraction of sp³-hybridized carbons (Fsp3) is 0.385. The molecule has 0 atom stereocenters. The molecule has 0 aromatic carbocycles. The first-order chi connectivity index (χ1) is 9.91. The quantitative estimate of drug-likeness (QED) is 0.667. The number of imidazole rings is 1. The summed E-state index contributed by atoms with van der Waals surface area (Å²) in [6.07, 6.45) is 1.52. The lowest BCUT2D eigenvalue weighted by molar-refractivity contribution is 0.392. The van der Waals surface area contributed by atoms with Gasteiger partial charge in [-0.15, -0.1) is 0 Å². The van der Waals surface area contributed by atoms with Gasteiger partial charge in [-0.25, -0.2) is 9.78 Å². The molecule has 3 rings (SSSR count). The standard InChI is InChI=1S/C13H15N5O3/c1-7-9(8(2)21-15-7)5-18-12(19)10-11(14-6-16(10)3)17(4)13(18)20/h6H,5H2,1-4H3. The average molecular weight is 289 g/mol. The number of aryl methyl sites for hydroxylation is 4. The van der Waals surface area contributed by atoms with Crippen LogP contribution in [0.3, 0.4) is 0 Å². The van der Waals surface area contributed by atoms with Crippen molar-refractivity contribution in [2.24, 2.45) is 14.1 Å². The zero-order valence-corrected chi connectivity index (χ0v) is 12.2. The molecule has 0 amide bonds. The van der Waals surface area contributed by atoms with E-state index in [4.69, 9.17) is 4.52 Å². The van der Waals surface area contributed by atoms with Gasteiger partial charge in [0.25, 0.3) is 5.56 Å². The Morgan fingerprint density at radius 1 is 1.24 bits per heavy atom. The van der Waals surface area contributed by atoms with Crippen LogP contribution in [0.15, 0.2) is 20.4 Å². The third-order valence-electron chi connectivity index (χ3n) is 3.70. The largest absolute Gasteiger partial charge is 0.361 e. The van der Waals surface area contributed by atoms with Gasteiger partial charge in [-0.05, 0) is 13.8 Å². The summed E-state index contributed by atoms with van der Waals surface area (Å²) in [5.41, 5.74) is 1.41. The molecule has 0 aliphatic carbocycles. The van der Waals surface area contributed by atoms with E-state index in [1.807, 2.05) is 0 Å². The zero-order chi connectivity index (χ0) is 15.3. The van der Waals surface area contributed by atoms with E-state index in [9.17, 15) is 9.59 Å². The molecule has 0 spiro atoms. The Balaban J connectivity index is 2.31. The van der Waals surface area contributed by atoms with Crippen LogP contribution in [0.5, 0.6) is 0 Å². The minimum absolute atomic E-state index is 0.133. The van der Waals surface area contributed by atoms with E-state index in [1.54, 1.807) is 32.5 Å². The minimum atomic E-state index is -0.411. The second-order valence-corrected chi connectivity index (χ2v) is 5.06. The van der Waals surface area contributed by atoms with Gasteiger partial charge >= 0.3 is 5.69 Å². The monoisotopic (exact) mass is 289 g/mol. The third-order valence-corrected chi connectivity index (χ3v) is 3.70. The first kappa shape index (κ1) is 13.3. The minimum Gasteiger partial charge on any atom is -0.361 e. The highest BCUT2D eigenvalue weighted by molar-refractivity contribution is 5.69. The van der Waals surface area contributed by atoms with Gasteiger partial charge in [-0.1, -0.05) is 5.16 Å². The molecule has 0 aliphatic rings. The van der Waals surface area contributed by atoms with Gasteiger partial charge in [0.2, 0.25) is 0 Å². The zero-order valence-electron chi connectivity index (χ0n) is 12.2. The van der Waals surface area contributed by atoms with Gasteiger partial charge in [0.05, 0.1) is 18.6 Å². The van der Waals surface area contributed by atoms with E-state index in [0.717, 1.165) is 5.56 Å². The topological polar surface area (TPSA) is 87.8 Å². The molecule has 3 aromatic rings. The molecule has 3 aromatic heterocycles. The van der Waals surface area contributed by atoms with Gasteiger partial charge in [-0.2, -0.15) is 0 Å². The van der Waals surface area contributed by atoms with Gasteiger partial charge in [0.1, 0.15) is 5.76 Å². The highest BCUT2D eigenvalue weighted by Crippen LogP contribution is 2.13. The van der Waals surface area contributed by atoms with Crippen molar-refractivity contribution in [2.75, 3.05) is 0 Å². The lowest BCUT2D eigenvalue weighted by Gasteiger charge is -2.08. The molecule has 0 aliphatic heterocycles. The summed E-state index contributed by atoms with van der Waals surface area (Å²) >= 11 is 0. The van der Waals surface area contributed by atoms with Crippen molar-refractivity contribution in [1.29, 1.82) is 0 Å². The van der Waals surface area contributed by atoms with E-state index >= 15 is 0 Å². The Bertz CT molecular complexity index is 937. The lowest BCUT2D eigenvalue weighted by atomic mass is 10.2. The van der Waals surface area contributed by atoms with E-state index < -0.39 is 5.69 Å². The number of hydrogen-bond acceptors (Lipinski definition) is 5. The van der Waals surface area contributed by atoms with Crippen LogP contribution in [0.25, 0.3) is 11.2 Å². The molecular formula is C13H15N5O3. The third kappa shape index (κ3) is 1.83. The second-order valence-electron chi connectivity index (χ2n) is 5.06. The van der Waals surface area contributed by atoms with Crippen LogP contribution >= 0.6 is 0 Å². The Kier molecular flexibility index (Phi) is 2.82. The highest BCUT2D eigenvalue weighted by Gasteiger charge is 2.17. The normalized spacial score (nSPS) is 11.4. The first-order valence-corrected chi connectivity index (χ1v) is 6.44. The van der Waals surface area contributed by atoms with Crippen LogP contribution in [0.2, 0.25) is 0 Å². The predicted octanol–water partition coefficient (Wildman–Crippen LogP) is 0.0868. The number of fused-ring (bicyclic) bond motifs is 1. The van der Waals surface area contributed by atoms with Gasteiger partial charge in [0, 0.05) is 19.7 Å². The molecular weight excluding hydrogens is 274 g/mol. The highest BCUT2D eigenvalue weighted by atomic mass is 16.5. The summed E-state index contributed by atoms with van der Waals surface area (Å²) in [6, 6.07) is 0. The summed E-state index contributed by atoms with van der Waals surface area (Å²) < 4.78 is 9.24. The molecule has 0 saturated heterocycles. The van der Waals surface area contributed by atoms with Crippen molar-refractivity contribution in [3.8, 4) is 0 Å². The van der Waals surface area contributed by atoms with E-state index in [0.29, 0.717) is 22.6 Å². The number of hydrogen-bond donors (Lipinski definition) is 0. The Morgan fingerprint density at radius 3 is 2.57 bits per heavy atom. The molecule has 110 valence electrons. The van der Waals surface area contributed by atoms with Gasteiger partial charge in [-0.3, -0.25) is 13.9 Å². The fourth-order valence-corrected chi connectivity index (χ4v) is 2.42. The molecule has 0 N–H and O–H groups in total. The van der Waals surface area contributed by atoms with Crippen molar-refractivity contribution in [3.63, 3.8) is 0 Å². The van der Waals surface area contributed by atoms with Crippen molar-refractivity contribution in [2.45, 2.75) is 20.4 Å². The van der Waals surface area contributed by atoms with Crippen molar-refractivity contribution in [3.05, 3.63) is 44.2 Å². The smallest absolute Gasteiger partial charge is 0.332 e. The molecule has 21 heavy (non-hydrogen) atoms. The van der Waals surface area contributed by atoms with Gasteiger partial charge in [0.15, 0.2) is 11.2 Å². The lowest BCUT2D eigenvalue weighted by Crippen LogP contribution is -2.40. The number of rotatable bonds is 2. The summed E-state index contributed by atoms with van der Waals surface area (Å²) in [7, 11) is 3.32. The van der Waals surface area contributed by atoms with Crippen LogP contribution < -0.4 is 11.2 Å². The van der Waals surface area contributed by atoms with Crippen LogP contribution in [-0.2, 0) is 20.6 Å². The number of nitrogens with zero attached hydrogens (tertiary/aromatic N) is 5. The Hall–Kier alpha value is -2.64. The molecule has 3 heterocycles. The van der Waals surface area contributed by atoms with Crippen molar-refractivity contribution < 1.29 is 4.52 Å². The van der Waals surface area contributed by atoms with Crippen molar-refractivity contribution in [1.82, 2.24) is 23.8 Å². The Labute approximate surface area is 119 Å². The predicted molar refractivity (Wildman–Crippen MR) is 75.3 cm³/mol.